The lowest BCUT2D eigenvalue weighted by molar-refractivity contribution is -0.146. The largest absolute Gasteiger partial charge is 0.481 e. The van der Waals surface area contributed by atoms with Gasteiger partial charge in [-0.3, -0.25) is 9.59 Å². The van der Waals surface area contributed by atoms with Gasteiger partial charge in [0.15, 0.2) is 0 Å². The van der Waals surface area contributed by atoms with Crippen LogP contribution in [0.2, 0.25) is 0 Å². The number of carbonyl (C=O) groups excluding carboxylic acids is 1. The van der Waals surface area contributed by atoms with E-state index in [2.05, 4.69) is 5.10 Å². The van der Waals surface area contributed by atoms with E-state index in [9.17, 15) is 19.1 Å². The van der Waals surface area contributed by atoms with Crippen molar-refractivity contribution < 1.29 is 19.1 Å². The number of nitrogens with zero attached hydrogens (tertiary/aromatic N) is 3. The van der Waals surface area contributed by atoms with E-state index in [4.69, 9.17) is 0 Å². The molecule has 1 saturated heterocycles. The van der Waals surface area contributed by atoms with Crippen molar-refractivity contribution in [2.45, 2.75) is 33.6 Å². The Kier molecular flexibility index (Phi) is 5.30. The van der Waals surface area contributed by atoms with Gasteiger partial charge in [0.05, 0.1) is 23.7 Å². The summed E-state index contributed by atoms with van der Waals surface area (Å²) in [7, 11) is 0. The Hall–Kier alpha value is -2.70. The molecule has 1 aromatic carbocycles. The topological polar surface area (TPSA) is 75.4 Å². The summed E-state index contributed by atoms with van der Waals surface area (Å²) >= 11 is 0. The zero-order valence-electron chi connectivity index (χ0n) is 15.8. The second-order valence-electron chi connectivity index (χ2n) is 7.39. The molecule has 1 N–H and O–H groups in total. The molecule has 144 valence electrons. The van der Waals surface area contributed by atoms with Gasteiger partial charge in [-0.2, -0.15) is 5.10 Å². The number of hydrogen-bond donors (Lipinski definition) is 1. The third kappa shape index (κ3) is 4.02. The Morgan fingerprint density at radius 2 is 1.89 bits per heavy atom. The van der Waals surface area contributed by atoms with Crippen molar-refractivity contribution in [3.63, 3.8) is 0 Å². The van der Waals surface area contributed by atoms with Crippen LogP contribution in [0.5, 0.6) is 0 Å². The van der Waals surface area contributed by atoms with E-state index >= 15 is 0 Å². The van der Waals surface area contributed by atoms with Crippen molar-refractivity contribution >= 4 is 11.9 Å². The Bertz CT molecular complexity index is 860. The smallest absolute Gasteiger partial charge is 0.308 e. The van der Waals surface area contributed by atoms with Crippen molar-refractivity contribution in [3.8, 4) is 5.69 Å². The maximum absolute atomic E-state index is 13.2. The van der Waals surface area contributed by atoms with Crippen LogP contribution < -0.4 is 0 Å². The quantitative estimate of drug-likeness (QED) is 0.894. The third-order valence-electron chi connectivity index (χ3n) is 5.20. The first-order valence-corrected chi connectivity index (χ1v) is 9.08. The van der Waals surface area contributed by atoms with Gasteiger partial charge in [-0.25, -0.2) is 9.07 Å². The minimum Gasteiger partial charge on any atom is -0.481 e. The minimum absolute atomic E-state index is 0.0855. The highest BCUT2D eigenvalue weighted by Crippen LogP contribution is 2.24. The first-order valence-electron chi connectivity index (χ1n) is 9.08. The number of halogens is 1. The summed E-state index contributed by atoms with van der Waals surface area (Å²) in [6.07, 6.45) is 0.775. The Morgan fingerprint density at radius 1 is 1.22 bits per heavy atom. The Labute approximate surface area is 157 Å². The van der Waals surface area contributed by atoms with Gasteiger partial charge in [-0.05, 0) is 50.5 Å². The van der Waals surface area contributed by atoms with Gasteiger partial charge in [0.1, 0.15) is 5.82 Å². The molecule has 1 aromatic heterocycles. The average Bonchev–Trinajstić information content (AvgIpc) is 2.90. The van der Waals surface area contributed by atoms with Gasteiger partial charge < -0.3 is 10.0 Å². The molecule has 2 heterocycles. The summed E-state index contributed by atoms with van der Waals surface area (Å²) < 4.78 is 14.9. The average molecular weight is 373 g/mol. The van der Waals surface area contributed by atoms with Crippen LogP contribution in [-0.2, 0) is 16.0 Å². The number of rotatable bonds is 4. The monoisotopic (exact) mass is 373 g/mol. The second kappa shape index (κ2) is 7.50. The molecule has 0 spiro atoms. The van der Waals surface area contributed by atoms with Gasteiger partial charge in [-0.15, -0.1) is 0 Å². The van der Waals surface area contributed by atoms with E-state index in [1.54, 1.807) is 21.7 Å². The lowest BCUT2D eigenvalue weighted by Gasteiger charge is -2.34. The molecule has 1 aliphatic rings. The number of likely N-dealkylation sites (tertiary alicyclic amines) is 1. The molecular weight excluding hydrogens is 349 g/mol. The Morgan fingerprint density at radius 3 is 2.52 bits per heavy atom. The van der Waals surface area contributed by atoms with Crippen molar-refractivity contribution in [1.82, 2.24) is 14.7 Å². The molecule has 0 aliphatic carbocycles. The van der Waals surface area contributed by atoms with Gasteiger partial charge in [0.2, 0.25) is 5.91 Å². The van der Waals surface area contributed by atoms with Crippen LogP contribution in [0, 0.1) is 31.5 Å². The first-order chi connectivity index (χ1) is 12.8. The number of aromatic nitrogens is 2. The molecule has 0 bridgehead atoms. The molecule has 1 fully saturated rings. The highest BCUT2D eigenvalue weighted by atomic mass is 19.1. The summed E-state index contributed by atoms with van der Waals surface area (Å²) in [5.74, 6) is -1.61. The number of piperidine rings is 1. The summed E-state index contributed by atoms with van der Waals surface area (Å²) in [4.78, 5) is 25.8. The van der Waals surface area contributed by atoms with E-state index in [-0.39, 0.29) is 30.6 Å². The predicted octanol–water partition coefficient (Wildman–Crippen LogP) is 2.74. The maximum Gasteiger partial charge on any atom is 0.308 e. The number of benzene rings is 1. The molecule has 2 aromatic rings. The van der Waals surface area contributed by atoms with Crippen LogP contribution in [0.15, 0.2) is 24.3 Å². The van der Waals surface area contributed by atoms with Gasteiger partial charge in [-0.1, -0.05) is 6.92 Å². The highest BCUT2D eigenvalue weighted by molar-refractivity contribution is 5.80. The van der Waals surface area contributed by atoms with E-state index in [1.807, 2.05) is 20.8 Å². The molecule has 2 atom stereocenters. The number of carboxylic acids is 1. The van der Waals surface area contributed by atoms with Crippen molar-refractivity contribution in [1.29, 1.82) is 0 Å². The number of hydrogen-bond acceptors (Lipinski definition) is 3. The van der Waals surface area contributed by atoms with Crippen molar-refractivity contribution in [3.05, 3.63) is 47.0 Å². The van der Waals surface area contributed by atoms with Gasteiger partial charge in [0, 0.05) is 24.3 Å². The van der Waals surface area contributed by atoms with Crippen LogP contribution in [0.3, 0.4) is 0 Å². The summed E-state index contributed by atoms with van der Waals surface area (Å²) in [6.45, 7) is 6.52. The lowest BCUT2D eigenvalue weighted by Crippen LogP contribution is -2.46. The Balaban J connectivity index is 1.80. The molecule has 0 radical (unpaired) electrons. The summed E-state index contributed by atoms with van der Waals surface area (Å²) in [6, 6.07) is 6.03. The van der Waals surface area contributed by atoms with Gasteiger partial charge in [0.25, 0.3) is 0 Å². The van der Waals surface area contributed by atoms with Crippen LogP contribution in [0.1, 0.15) is 30.3 Å². The fraction of sp³-hybridized carbons (Fsp3) is 0.450. The fourth-order valence-electron chi connectivity index (χ4n) is 3.76. The van der Waals surface area contributed by atoms with E-state index in [0.29, 0.717) is 13.0 Å². The molecule has 0 saturated carbocycles. The highest BCUT2D eigenvalue weighted by Gasteiger charge is 2.32. The molecule has 1 aliphatic heterocycles. The number of carboxylic acid groups (broad SMARTS) is 1. The van der Waals surface area contributed by atoms with Crippen LogP contribution in [0.4, 0.5) is 4.39 Å². The lowest BCUT2D eigenvalue weighted by atomic mass is 9.90. The normalized spacial score (nSPS) is 19.9. The molecular formula is C20H24FN3O3. The minimum atomic E-state index is -0.851. The standard InChI is InChI=1S/C20H24FN3O3/c1-12-8-15(20(26)27)11-23(10-12)19(25)9-18-13(2)22-24(14(18)3)17-6-4-16(21)5-7-17/h4-7,12,15H,8-11H2,1-3H3,(H,26,27). The van der Waals surface area contributed by atoms with Crippen LogP contribution in [-0.4, -0.2) is 44.8 Å². The molecule has 1 amide bonds. The number of aliphatic carboxylic acids is 1. The summed E-state index contributed by atoms with van der Waals surface area (Å²) in [5.41, 5.74) is 3.12. The zero-order valence-corrected chi connectivity index (χ0v) is 15.8. The summed E-state index contributed by atoms with van der Waals surface area (Å²) in [5, 5.41) is 13.8. The predicted molar refractivity (Wildman–Crippen MR) is 98.2 cm³/mol. The molecule has 3 rings (SSSR count). The van der Waals surface area contributed by atoms with E-state index < -0.39 is 11.9 Å². The van der Waals surface area contributed by atoms with Crippen LogP contribution >= 0.6 is 0 Å². The van der Waals surface area contributed by atoms with E-state index in [0.717, 1.165) is 22.6 Å². The molecule has 6 nitrogen and oxygen atoms in total. The SMILES string of the molecule is Cc1nn(-c2ccc(F)cc2)c(C)c1CC(=O)N1CC(C)CC(C(=O)O)C1. The third-order valence-corrected chi connectivity index (χ3v) is 5.20. The molecule has 27 heavy (non-hydrogen) atoms. The first kappa shape index (κ1) is 19.1. The molecule has 2 unspecified atom stereocenters. The van der Waals surface area contributed by atoms with Crippen molar-refractivity contribution in [2.75, 3.05) is 13.1 Å². The number of amides is 1. The second-order valence-corrected chi connectivity index (χ2v) is 7.39. The number of carbonyl (C=O) groups is 2. The molecule has 7 heteroatoms. The maximum atomic E-state index is 13.2. The van der Waals surface area contributed by atoms with Gasteiger partial charge >= 0.3 is 5.97 Å². The zero-order chi connectivity index (χ0) is 19.7. The van der Waals surface area contributed by atoms with Crippen molar-refractivity contribution in [2.24, 2.45) is 11.8 Å². The number of aryl methyl sites for hydroxylation is 1. The van der Waals surface area contributed by atoms with E-state index in [1.165, 1.54) is 12.1 Å². The van der Waals surface area contributed by atoms with Crippen LogP contribution in [0.25, 0.3) is 5.69 Å². The fourth-order valence-corrected chi connectivity index (χ4v) is 3.76.